The second-order valence-electron chi connectivity index (χ2n) is 4.75. The van der Waals surface area contributed by atoms with Crippen LogP contribution in [0, 0.1) is 0 Å². The van der Waals surface area contributed by atoms with Gasteiger partial charge in [-0.05, 0) is 42.5 Å². The maximum atomic E-state index is 12.8. The number of halogens is 6. The molecule has 0 bridgehead atoms. The maximum Gasteiger partial charge on any atom is 0.416 e. The maximum absolute atomic E-state index is 12.8. The smallest absolute Gasteiger partial charge is 0.399 e. The molecule has 122 valence electrons. The lowest BCUT2D eigenvalue weighted by molar-refractivity contribution is -0.143. The molecule has 2 aromatic rings. The Kier molecular flexibility index (Phi) is 4.10. The van der Waals surface area contributed by atoms with Crippen molar-refractivity contribution in [1.29, 1.82) is 0 Å². The van der Waals surface area contributed by atoms with Crippen molar-refractivity contribution < 1.29 is 31.1 Å². The average molecular weight is 333 g/mol. The summed E-state index contributed by atoms with van der Waals surface area (Å²) in [7, 11) is 0. The highest BCUT2D eigenvalue weighted by molar-refractivity contribution is 6.09. The van der Waals surface area contributed by atoms with Crippen molar-refractivity contribution in [1.82, 2.24) is 0 Å². The van der Waals surface area contributed by atoms with Crippen molar-refractivity contribution in [2.45, 2.75) is 12.4 Å². The third-order valence-electron chi connectivity index (χ3n) is 3.02. The zero-order valence-electron chi connectivity index (χ0n) is 11.3. The van der Waals surface area contributed by atoms with Gasteiger partial charge in [-0.3, -0.25) is 4.79 Å². The molecule has 0 saturated heterocycles. The van der Waals surface area contributed by atoms with E-state index in [0.717, 1.165) is 0 Å². The minimum absolute atomic E-state index is 0.0280. The molecule has 0 atom stereocenters. The number of nitrogens with two attached hydrogens (primary N) is 1. The van der Waals surface area contributed by atoms with Crippen LogP contribution in [0.25, 0.3) is 0 Å². The van der Waals surface area contributed by atoms with E-state index in [1.54, 1.807) is 0 Å². The number of ketones is 1. The van der Waals surface area contributed by atoms with E-state index in [1.165, 1.54) is 24.3 Å². The van der Waals surface area contributed by atoms with E-state index >= 15 is 0 Å². The Morgan fingerprint density at radius 1 is 0.739 bits per heavy atom. The van der Waals surface area contributed by atoms with Crippen LogP contribution >= 0.6 is 0 Å². The lowest BCUT2D eigenvalue weighted by atomic mass is 9.98. The second kappa shape index (κ2) is 5.60. The van der Waals surface area contributed by atoms with Crippen LogP contribution in [0.5, 0.6) is 0 Å². The van der Waals surface area contributed by atoms with E-state index < -0.39 is 34.8 Å². The summed E-state index contributed by atoms with van der Waals surface area (Å²) in [4.78, 5) is 12.1. The molecule has 0 unspecified atom stereocenters. The molecule has 0 aromatic heterocycles. The topological polar surface area (TPSA) is 43.1 Å². The van der Waals surface area contributed by atoms with E-state index in [0.29, 0.717) is 17.8 Å². The van der Waals surface area contributed by atoms with Gasteiger partial charge >= 0.3 is 12.4 Å². The number of rotatable bonds is 2. The number of nitrogen functional groups attached to an aromatic ring is 1. The predicted molar refractivity (Wildman–Crippen MR) is 70.7 cm³/mol. The molecule has 0 amide bonds. The first-order valence-corrected chi connectivity index (χ1v) is 6.18. The average Bonchev–Trinajstić information content (AvgIpc) is 2.45. The minimum Gasteiger partial charge on any atom is -0.399 e. The summed E-state index contributed by atoms with van der Waals surface area (Å²) in [5.41, 5.74) is 1.89. The van der Waals surface area contributed by atoms with Gasteiger partial charge in [0.05, 0.1) is 11.1 Å². The van der Waals surface area contributed by atoms with Crippen molar-refractivity contribution in [3.8, 4) is 0 Å². The lowest BCUT2D eigenvalue weighted by Crippen LogP contribution is -2.14. The molecule has 0 spiro atoms. The van der Waals surface area contributed by atoms with Gasteiger partial charge in [0.25, 0.3) is 0 Å². The first kappa shape index (κ1) is 16.9. The number of alkyl halides is 6. The fraction of sp³-hybridized carbons (Fsp3) is 0.133. The Labute approximate surface area is 126 Å². The first-order valence-electron chi connectivity index (χ1n) is 6.18. The van der Waals surface area contributed by atoms with E-state index in [2.05, 4.69) is 0 Å². The van der Waals surface area contributed by atoms with Crippen LogP contribution in [-0.2, 0) is 12.4 Å². The Bertz CT molecular complexity index is 699. The standard InChI is InChI=1S/C15H9F6NO/c16-14(17,18)10-5-9(6-11(7-10)15(19,20)21)13(23)8-1-3-12(22)4-2-8/h1-7H,22H2. The Hall–Kier alpha value is -2.51. The SMILES string of the molecule is Nc1ccc(C(=O)c2cc(C(F)(F)F)cc(C(F)(F)F)c2)cc1. The monoisotopic (exact) mass is 333 g/mol. The number of carbonyl (C=O) groups excluding carboxylic acids is 1. The normalized spacial score (nSPS) is 12.3. The number of carbonyl (C=O) groups is 1. The fourth-order valence-corrected chi connectivity index (χ4v) is 1.89. The molecule has 2 rings (SSSR count). The fourth-order valence-electron chi connectivity index (χ4n) is 1.89. The summed E-state index contributed by atoms with van der Waals surface area (Å²) >= 11 is 0. The van der Waals surface area contributed by atoms with Crippen molar-refractivity contribution in [3.63, 3.8) is 0 Å². The van der Waals surface area contributed by atoms with Crippen LogP contribution < -0.4 is 5.73 Å². The molecule has 0 fully saturated rings. The second-order valence-corrected chi connectivity index (χ2v) is 4.75. The highest BCUT2D eigenvalue weighted by atomic mass is 19.4. The van der Waals surface area contributed by atoms with Crippen LogP contribution in [0.1, 0.15) is 27.0 Å². The largest absolute Gasteiger partial charge is 0.416 e. The predicted octanol–water partition coefficient (Wildman–Crippen LogP) is 4.54. The summed E-state index contributed by atoms with van der Waals surface area (Å²) in [5, 5.41) is 0. The van der Waals surface area contributed by atoms with Gasteiger partial charge in [0.1, 0.15) is 0 Å². The molecule has 0 aliphatic rings. The summed E-state index contributed by atoms with van der Waals surface area (Å²) in [5.74, 6) is -0.957. The van der Waals surface area contributed by atoms with E-state index in [9.17, 15) is 31.1 Å². The Morgan fingerprint density at radius 3 is 1.57 bits per heavy atom. The van der Waals surface area contributed by atoms with Crippen molar-refractivity contribution in [3.05, 3.63) is 64.7 Å². The molecule has 0 saturated carbocycles. The Morgan fingerprint density at radius 2 is 1.17 bits per heavy atom. The summed E-state index contributed by atoms with van der Waals surface area (Å²) in [6.07, 6.45) is -10.0. The number of benzene rings is 2. The van der Waals surface area contributed by atoms with Crippen LogP contribution in [0.2, 0.25) is 0 Å². The van der Waals surface area contributed by atoms with Crippen LogP contribution in [-0.4, -0.2) is 5.78 Å². The molecular weight excluding hydrogens is 324 g/mol. The van der Waals surface area contributed by atoms with Gasteiger partial charge in [-0.1, -0.05) is 0 Å². The van der Waals surface area contributed by atoms with E-state index in [4.69, 9.17) is 5.73 Å². The van der Waals surface area contributed by atoms with Crippen LogP contribution in [0.3, 0.4) is 0 Å². The molecule has 8 heteroatoms. The zero-order chi connectivity index (χ0) is 17.4. The highest BCUT2D eigenvalue weighted by Crippen LogP contribution is 2.36. The number of hydrogen-bond acceptors (Lipinski definition) is 2. The third kappa shape index (κ3) is 3.82. The van der Waals surface area contributed by atoms with Gasteiger partial charge in [0.15, 0.2) is 5.78 Å². The lowest BCUT2D eigenvalue weighted by Gasteiger charge is -2.13. The number of hydrogen-bond donors (Lipinski definition) is 1. The van der Waals surface area contributed by atoms with Gasteiger partial charge in [-0.15, -0.1) is 0 Å². The third-order valence-corrected chi connectivity index (χ3v) is 3.02. The van der Waals surface area contributed by atoms with Gasteiger partial charge in [0.2, 0.25) is 0 Å². The highest BCUT2D eigenvalue weighted by Gasteiger charge is 2.37. The number of anilines is 1. The van der Waals surface area contributed by atoms with Crippen molar-refractivity contribution in [2.24, 2.45) is 0 Å². The summed E-state index contributed by atoms with van der Waals surface area (Å²) in [6.45, 7) is 0. The van der Waals surface area contributed by atoms with Gasteiger partial charge in [-0.25, -0.2) is 0 Å². The molecule has 2 N–H and O–H groups in total. The molecule has 23 heavy (non-hydrogen) atoms. The van der Waals surface area contributed by atoms with Crippen LogP contribution in [0.15, 0.2) is 42.5 Å². The molecule has 0 aliphatic carbocycles. The van der Waals surface area contributed by atoms with Crippen LogP contribution in [0.4, 0.5) is 32.0 Å². The molecule has 2 aromatic carbocycles. The summed E-state index contributed by atoms with van der Waals surface area (Å²) < 4.78 is 76.6. The van der Waals surface area contributed by atoms with Crippen molar-refractivity contribution in [2.75, 3.05) is 5.73 Å². The Balaban J connectivity index is 2.57. The quantitative estimate of drug-likeness (QED) is 0.498. The molecule has 2 nitrogen and oxygen atoms in total. The molecule has 0 heterocycles. The molecule has 0 radical (unpaired) electrons. The minimum atomic E-state index is -5.00. The molecule has 0 aliphatic heterocycles. The van der Waals surface area contributed by atoms with Gasteiger partial charge in [-0.2, -0.15) is 26.3 Å². The molecular formula is C15H9F6NO. The van der Waals surface area contributed by atoms with E-state index in [-0.39, 0.29) is 11.6 Å². The first-order chi connectivity index (χ1) is 10.5. The van der Waals surface area contributed by atoms with E-state index in [1.807, 2.05) is 0 Å². The van der Waals surface area contributed by atoms with Gasteiger partial charge < -0.3 is 5.73 Å². The summed E-state index contributed by atoms with van der Waals surface area (Å²) in [6, 6.07) is 5.87. The zero-order valence-corrected chi connectivity index (χ0v) is 11.3. The van der Waals surface area contributed by atoms with Crippen molar-refractivity contribution >= 4 is 11.5 Å². The van der Waals surface area contributed by atoms with Gasteiger partial charge in [0, 0.05) is 16.8 Å².